The summed E-state index contributed by atoms with van der Waals surface area (Å²) in [6.07, 6.45) is 1.55. The molecule has 0 aromatic carbocycles. The summed E-state index contributed by atoms with van der Waals surface area (Å²) in [6.45, 7) is 0. The van der Waals surface area contributed by atoms with Crippen LogP contribution in [0.5, 0.6) is 0 Å². The maximum atomic E-state index is 5.79. The van der Waals surface area contributed by atoms with E-state index in [1.165, 1.54) is 0 Å². The number of nitrogens with zero attached hydrogens (tertiary/aromatic N) is 2. The zero-order valence-electron chi connectivity index (χ0n) is 7.61. The van der Waals surface area contributed by atoms with Crippen LogP contribution in [-0.4, -0.2) is 9.97 Å². The van der Waals surface area contributed by atoms with E-state index in [9.17, 15) is 0 Å². The van der Waals surface area contributed by atoms with Crippen LogP contribution in [0.4, 0.5) is 5.69 Å². The van der Waals surface area contributed by atoms with Gasteiger partial charge in [0.1, 0.15) is 5.15 Å². The highest BCUT2D eigenvalue weighted by atomic mass is 35.5. The van der Waals surface area contributed by atoms with Gasteiger partial charge in [0, 0.05) is 11.9 Å². The van der Waals surface area contributed by atoms with Gasteiger partial charge in [0.25, 0.3) is 0 Å². The average molecular weight is 240 g/mol. The van der Waals surface area contributed by atoms with Crippen molar-refractivity contribution in [2.75, 3.05) is 5.73 Å². The van der Waals surface area contributed by atoms with Gasteiger partial charge in [-0.3, -0.25) is 4.98 Å². The second-order valence-electron chi connectivity index (χ2n) is 2.97. The van der Waals surface area contributed by atoms with E-state index in [1.54, 1.807) is 30.5 Å². The van der Waals surface area contributed by atoms with E-state index >= 15 is 0 Å². The molecule has 0 aliphatic heterocycles. The second kappa shape index (κ2) is 4.04. The normalized spacial score (nSPS) is 10.3. The zero-order chi connectivity index (χ0) is 10.8. The summed E-state index contributed by atoms with van der Waals surface area (Å²) in [5.41, 5.74) is 7.53. The lowest BCUT2D eigenvalue weighted by Gasteiger charge is -2.02. The molecule has 0 aliphatic rings. The molecule has 0 saturated carbocycles. The SMILES string of the molecule is Nc1cc(Cl)nc(-c2ccc(Cl)cn2)c1. The molecule has 5 heteroatoms. The fraction of sp³-hybridized carbons (Fsp3) is 0. The van der Waals surface area contributed by atoms with Crippen LogP contribution in [0.2, 0.25) is 10.2 Å². The Hall–Kier alpha value is -1.32. The largest absolute Gasteiger partial charge is 0.399 e. The molecule has 0 unspecified atom stereocenters. The molecule has 15 heavy (non-hydrogen) atoms. The minimum absolute atomic E-state index is 0.349. The van der Waals surface area contributed by atoms with E-state index in [2.05, 4.69) is 9.97 Å². The van der Waals surface area contributed by atoms with Crippen molar-refractivity contribution in [2.24, 2.45) is 0 Å². The Morgan fingerprint density at radius 1 is 1.07 bits per heavy atom. The number of nitrogen functional groups attached to an aromatic ring is 1. The number of nitrogens with two attached hydrogens (primary N) is 1. The molecule has 76 valence electrons. The van der Waals surface area contributed by atoms with E-state index in [0.717, 1.165) is 0 Å². The van der Waals surface area contributed by atoms with Crippen LogP contribution in [0.25, 0.3) is 11.4 Å². The molecule has 2 N–H and O–H groups in total. The predicted octanol–water partition coefficient (Wildman–Crippen LogP) is 3.03. The molecular weight excluding hydrogens is 233 g/mol. The van der Waals surface area contributed by atoms with Crippen molar-refractivity contribution in [3.63, 3.8) is 0 Å². The van der Waals surface area contributed by atoms with Gasteiger partial charge < -0.3 is 5.73 Å². The molecule has 0 bridgehead atoms. The maximum Gasteiger partial charge on any atom is 0.131 e. The molecule has 0 fully saturated rings. The molecule has 0 atom stereocenters. The third-order valence-electron chi connectivity index (χ3n) is 1.81. The Labute approximate surface area is 96.9 Å². The first-order valence-corrected chi connectivity index (χ1v) is 4.96. The average Bonchev–Trinajstić information content (AvgIpc) is 2.17. The van der Waals surface area contributed by atoms with E-state index in [4.69, 9.17) is 28.9 Å². The topological polar surface area (TPSA) is 51.8 Å². The van der Waals surface area contributed by atoms with Gasteiger partial charge >= 0.3 is 0 Å². The van der Waals surface area contributed by atoms with Crippen LogP contribution in [0.3, 0.4) is 0 Å². The minimum Gasteiger partial charge on any atom is -0.399 e. The number of pyridine rings is 2. The molecule has 2 aromatic heterocycles. The Morgan fingerprint density at radius 2 is 1.87 bits per heavy atom. The molecule has 0 aliphatic carbocycles. The lowest BCUT2D eigenvalue weighted by molar-refractivity contribution is 1.25. The summed E-state index contributed by atoms with van der Waals surface area (Å²) in [6, 6.07) is 6.80. The summed E-state index contributed by atoms with van der Waals surface area (Å²) in [4.78, 5) is 8.24. The maximum absolute atomic E-state index is 5.79. The van der Waals surface area contributed by atoms with E-state index < -0.39 is 0 Å². The molecule has 0 radical (unpaired) electrons. The lowest BCUT2D eigenvalue weighted by Crippen LogP contribution is -1.91. The fourth-order valence-corrected chi connectivity index (χ4v) is 1.50. The second-order valence-corrected chi connectivity index (χ2v) is 3.79. The van der Waals surface area contributed by atoms with Gasteiger partial charge in [-0.15, -0.1) is 0 Å². The Kier molecular flexibility index (Phi) is 2.75. The van der Waals surface area contributed by atoms with Crippen molar-refractivity contribution in [3.05, 3.63) is 40.6 Å². The Morgan fingerprint density at radius 3 is 2.47 bits per heavy atom. The van der Waals surface area contributed by atoms with Gasteiger partial charge in [0.15, 0.2) is 0 Å². The van der Waals surface area contributed by atoms with Crippen molar-refractivity contribution in [3.8, 4) is 11.4 Å². The van der Waals surface area contributed by atoms with Crippen molar-refractivity contribution < 1.29 is 0 Å². The Balaban J connectivity index is 2.49. The number of halogens is 2. The quantitative estimate of drug-likeness (QED) is 0.779. The van der Waals surface area contributed by atoms with Gasteiger partial charge in [0.2, 0.25) is 0 Å². The van der Waals surface area contributed by atoms with E-state index in [-0.39, 0.29) is 0 Å². The number of hydrogen-bond donors (Lipinski definition) is 1. The van der Waals surface area contributed by atoms with E-state index in [1.807, 2.05) is 0 Å². The van der Waals surface area contributed by atoms with Crippen LogP contribution < -0.4 is 5.73 Å². The third-order valence-corrected chi connectivity index (χ3v) is 2.22. The molecule has 0 amide bonds. The van der Waals surface area contributed by atoms with Crippen LogP contribution in [0.1, 0.15) is 0 Å². The van der Waals surface area contributed by atoms with Crippen molar-refractivity contribution in [2.45, 2.75) is 0 Å². The zero-order valence-corrected chi connectivity index (χ0v) is 9.13. The smallest absolute Gasteiger partial charge is 0.131 e. The number of hydrogen-bond acceptors (Lipinski definition) is 3. The lowest BCUT2D eigenvalue weighted by atomic mass is 10.2. The first-order valence-electron chi connectivity index (χ1n) is 4.20. The molecule has 2 heterocycles. The van der Waals surface area contributed by atoms with Crippen LogP contribution >= 0.6 is 23.2 Å². The highest BCUT2D eigenvalue weighted by molar-refractivity contribution is 6.30. The van der Waals surface area contributed by atoms with Crippen molar-refractivity contribution >= 4 is 28.9 Å². The molecule has 2 aromatic rings. The van der Waals surface area contributed by atoms with Gasteiger partial charge in [-0.05, 0) is 24.3 Å². The third kappa shape index (κ3) is 2.37. The van der Waals surface area contributed by atoms with Gasteiger partial charge in [-0.25, -0.2) is 4.98 Å². The van der Waals surface area contributed by atoms with Crippen LogP contribution in [0, 0.1) is 0 Å². The van der Waals surface area contributed by atoms with Gasteiger partial charge in [-0.1, -0.05) is 23.2 Å². The molecule has 3 nitrogen and oxygen atoms in total. The molecular formula is C10H7Cl2N3. The van der Waals surface area contributed by atoms with Crippen LogP contribution in [0.15, 0.2) is 30.5 Å². The molecule has 0 spiro atoms. The highest BCUT2D eigenvalue weighted by Crippen LogP contribution is 2.21. The monoisotopic (exact) mass is 239 g/mol. The summed E-state index contributed by atoms with van der Waals surface area (Å²) in [5.74, 6) is 0. The van der Waals surface area contributed by atoms with Gasteiger partial charge in [0.05, 0.1) is 16.4 Å². The number of aromatic nitrogens is 2. The highest BCUT2D eigenvalue weighted by Gasteiger charge is 2.03. The summed E-state index contributed by atoms with van der Waals surface area (Å²) < 4.78 is 0. The summed E-state index contributed by atoms with van der Waals surface area (Å²) in [5, 5.41) is 0.926. The standard InChI is InChI=1S/C10H7Cl2N3/c11-6-1-2-8(14-5-6)9-3-7(13)4-10(12)15-9/h1-5H,(H2,13,15). The van der Waals surface area contributed by atoms with Crippen molar-refractivity contribution in [1.29, 1.82) is 0 Å². The molecule has 0 saturated heterocycles. The first-order chi connectivity index (χ1) is 7.15. The fourth-order valence-electron chi connectivity index (χ4n) is 1.18. The van der Waals surface area contributed by atoms with Crippen LogP contribution in [-0.2, 0) is 0 Å². The first kappa shape index (κ1) is 10.2. The minimum atomic E-state index is 0.349. The summed E-state index contributed by atoms with van der Waals surface area (Å²) >= 11 is 11.5. The van der Waals surface area contributed by atoms with E-state index in [0.29, 0.717) is 27.3 Å². The van der Waals surface area contributed by atoms with Crippen molar-refractivity contribution in [1.82, 2.24) is 9.97 Å². The Bertz CT molecular complexity index is 462. The number of rotatable bonds is 1. The molecule has 2 rings (SSSR count). The van der Waals surface area contributed by atoms with Gasteiger partial charge in [-0.2, -0.15) is 0 Å². The summed E-state index contributed by atoms with van der Waals surface area (Å²) in [7, 11) is 0. The predicted molar refractivity (Wildman–Crippen MR) is 61.9 cm³/mol. The number of anilines is 1.